The minimum Gasteiger partial charge on any atom is -0.394 e. The summed E-state index contributed by atoms with van der Waals surface area (Å²) in [7, 11) is 0. The minimum absolute atomic E-state index is 0.229. The van der Waals surface area contributed by atoms with E-state index in [0.29, 0.717) is 6.42 Å². The number of allylic oxidation sites excluding steroid dienone is 27. The number of carbonyl (C=O) groups excluding carboxylic acids is 1. The van der Waals surface area contributed by atoms with E-state index < -0.39 is 49.5 Å². The molecular formula is C73H117NO8. The van der Waals surface area contributed by atoms with E-state index in [-0.39, 0.29) is 18.9 Å². The van der Waals surface area contributed by atoms with Crippen LogP contribution in [-0.4, -0.2) is 87.5 Å². The van der Waals surface area contributed by atoms with Crippen LogP contribution in [0.3, 0.4) is 0 Å². The number of hydrogen-bond donors (Lipinski definition) is 6. The second-order valence-corrected chi connectivity index (χ2v) is 21.5. The molecule has 1 heterocycles. The first-order chi connectivity index (χ1) is 40.3. The third-order valence-corrected chi connectivity index (χ3v) is 14.0. The summed E-state index contributed by atoms with van der Waals surface area (Å²) in [5.74, 6) is -0.235. The SMILES string of the molecule is CC/C=C\C/C=C\C/C=C\C/C=C\C/C=C\C/C=C\C/C=C\C/C=C\C/C=C\C/C=C\C/C=C\C/C=C\CCCCC(=O)NC(COC1OC(CO)C(O)C(O)C1O)C(O)/C=C/CC/C=C/CCCCCCCCCCCCCCCC. The number of rotatable bonds is 53. The van der Waals surface area contributed by atoms with Crippen molar-refractivity contribution >= 4 is 5.91 Å². The van der Waals surface area contributed by atoms with Crippen molar-refractivity contribution < 1.29 is 39.8 Å². The molecule has 1 saturated heterocycles. The number of hydrogen-bond acceptors (Lipinski definition) is 8. The van der Waals surface area contributed by atoms with Gasteiger partial charge in [0.1, 0.15) is 24.4 Å². The Balaban J connectivity index is 2.25. The lowest BCUT2D eigenvalue weighted by atomic mass is 9.99. The monoisotopic (exact) mass is 1140 g/mol. The van der Waals surface area contributed by atoms with Gasteiger partial charge in [0.2, 0.25) is 5.91 Å². The summed E-state index contributed by atoms with van der Waals surface area (Å²) < 4.78 is 11.2. The molecule has 82 heavy (non-hydrogen) atoms. The molecule has 0 spiro atoms. The number of aliphatic hydroxyl groups is 5. The second kappa shape index (κ2) is 59.7. The van der Waals surface area contributed by atoms with Crippen molar-refractivity contribution in [3.05, 3.63) is 170 Å². The first-order valence-electron chi connectivity index (χ1n) is 32.4. The zero-order valence-corrected chi connectivity index (χ0v) is 51.4. The zero-order chi connectivity index (χ0) is 59.3. The van der Waals surface area contributed by atoms with Crippen LogP contribution in [-0.2, 0) is 14.3 Å². The number of carbonyl (C=O) groups is 1. The zero-order valence-electron chi connectivity index (χ0n) is 51.4. The van der Waals surface area contributed by atoms with Crippen LogP contribution in [0.1, 0.15) is 226 Å². The molecule has 1 aliphatic heterocycles. The van der Waals surface area contributed by atoms with Crippen molar-refractivity contribution in [1.82, 2.24) is 5.32 Å². The highest BCUT2D eigenvalue weighted by molar-refractivity contribution is 5.76. The van der Waals surface area contributed by atoms with E-state index in [4.69, 9.17) is 9.47 Å². The Morgan fingerprint density at radius 3 is 1.17 bits per heavy atom. The number of ether oxygens (including phenoxy) is 2. The van der Waals surface area contributed by atoms with Crippen molar-refractivity contribution in [2.24, 2.45) is 0 Å². The molecule has 462 valence electrons. The summed E-state index contributed by atoms with van der Waals surface area (Å²) in [5.41, 5.74) is 0. The Morgan fingerprint density at radius 2 is 0.768 bits per heavy atom. The fraction of sp³-hybridized carbons (Fsp3) is 0.603. The van der Waals surface area contributed by atoms with Crippen molar-refractivity contribution in [2.75, 3.05) is 13.2 Å². The topological polar surface area (TPSA) is 149 Å². The first kappa shape index (κ1) is 75.6. The van der Waals surface area contributed by atoms with Crippen LogP contribution in [0.4, 0.5) is 0 Å². The molecule has 0 aromatic heterocycles. The molecule has 0 bridgehead atoms. The number of aliphatic hydroxyl groups excluding tert-OH is 5. The van der Waals surface area contributed by atoms with Gasteiger partial charge in [0.15, 0.2) is 6.29 Å². The maximum absolute atomic E-state index is 13.1. The smallest absolute Gasteiger partial charge is 0.220 e. The fourth-order valence-electron chi connectivity index (χ4n) is 8.98. The standard InChI is InChI=1S/C73H117NO8/c1-3-5-7-9-11-13-15-17-19-21-23-25-26-27-28-29-30-31-32-33-34-35-36-37-38-39-40-41-42-43-45-47-49-51-53-55-57-59-61-63-69(77)74-66(65-81-73-72(80)71(79)70(78)68(64-75)82-73)67(76)62-60-58-56-54-52-50-48-46-44-24-22-20-18-16-14-12-10-8-6-4-2/h5,7,11,13,17,19,23,25,27-28,30-31,33-34,36-37,39-40,42-43,47,49,52-55,60,62,66-68,70-73,75-76,78-80H,3-4,6,8-10,12,14-16,18,20-22,24,26,29,32,35,38,41,44-46,48,50-51,56-59,61,63-65H2,1-2H3,(H,74,77)/b7-5-,13-11-,19-17-,25-23-,28-27-,31-30-,34-33-,37-36-,40-39-,43-42-,49-47-,54-52+,55-53-,62-60+. The van der Waals surface area contributed by atoms with Gasteiger partial charge in [-0.15, -0.1) is 0 Å². The lowest BCUT2D eigenvalue weighted by Gasteiger charge is -2.40. The van der Waals surface area contributed by atoms with Gasteiger partial charge in [-0.25, -0.2) is 0 Å². The molecule has 0 saturated carbocycles. The molecule has 7 atom stereocenters. The van der Waals surface area contributed by atoms with E-state index in [2.05, 4.69) is 177 Å². The molecule has 0 aromatic rings. The van der Waals surface area contributed by atoms with Crippen molar-refractivity contribution in [2.45, 2.75) is 269 Å². The van der Waals surface area contributed by atoms with Gasteiger partial charge in [-0.3, -0.25) is 4.79 Å². The summed E-state index contributed by atoms with van der Waals surface area (Å²) in [6, 6.07) is -0.859. The van der Waals surface area contributed by atoms with Gasteiger partial charge in [0.05, 0.1) is 25.4 Å². The van der Waals surface area contributed by atoms with E-state index >= 15 is 0 Å². The average molecular weight is 1140 g/mol. The maximum Gasteiger partial charge on any atom is 0.220 e. The molecule has 1 rings (SSSR count). The quantitative estimate of drug-likeness (QED) is 0.0261. The summed E-state index contributed by atoms with van der Waals surface area (Å²) in [6.45, 7) is 3.62. The molecule has 0 radical (unpaired) electrons. The Hall–Kier alpha value is -4.45. The number of nitrogens with one attached hydrogen (secondary N) is 1. The highest BCUT2D eigenvalue weighted by Crippen LogP contribution is 2.23. The van der Waals surface area contributed by atoms with E-state index in [1.807, 2.05) is 6.08 Å². The van der Waals surface area contributed by atoms with Crippen LogP contribution in [0.5, 0.6) is 0 Å². The molecule has 1 fully saturated rings. The third kappa shape index (κ3) is 48.0. The maximum atomic E-state index is 13.1. The average Bonchev–Trinajstić information content (AvgIpc) is 3.52. The van der Waals surface area contributed by atoms with Gasteiger partial charge >= 0.3 is 0 Å². The van der Waals surface area contributed by atoms with E-state index in [1.165, 1.54) is 89.9 Å². The van der Waals surface area contributed by atoms with Crippen LogP contribution in [0.25, 0.3) is 0 Å². The lowest BCUT2D eigenvalue weighted by molar-refractivity contribution is -0.302. The van der Waals surface area contributed by atoms with Crippen molar-refractivity contribution in [3.63, 3.8) is 0 Å². The summed E-state index contributed by atoms with van der Waals surface area (Å²) >= 11 is 0. The number of amides is 1. The largest absolute Gasteiger partial charge is 0.394 e. The van der Waals surface area contributed by atoms with Gasteiger partial charge in [0, 0.05) is 6.42 Å². The Morgan fingerprint density at radius 1 is 0.427 bits per heavy atom. The molecule has 0 aromatic carbocycles. The molecular weight excluding hydrogens is 1020 g/mol. The van der Waals surface area contributed by atoms with Gasteiger partial charge in [-0.05, 0) is 122 Å². The van der Waals surface area contributed by atoms with Crippen molar-refractivity contribution in [3.8, 4) is 0 Å². The number of unbranched alkanes of at least 4 members (excludes halogenated alkanes) is 17. The third-order valence-electron chi connectivity index (χ3n) is 14.0. The van der Waals surface area contributed by atoms with Crippen molar-refractivity contribution in [1.29, 1.82) is 0 Å². The van der Waals surface area contributed by atoms with Crippen LogP contribution in [0.2, 0.25) is 0 Å². The van der Waals surface area contributed by atoms with Crippen LogP contribution in [0.15, 0.2) is 170 Å². The van der Waals surface area contributed by atoms with Crippen LogP contribution in [0, 0.1) is 0 Å². The predicted octanol–water partition coefficient (Wildman–Crippen LogP) is 17.3. The first-order valence-corrected chi connectivity index (χ1v) is 32.4. The lowest BCUT2D eigenvalue weighted by Crippen LogP contribution is -2.60. The predicted molar refractivity (Wildman–Crippen MR) is 349 cm³/mol. The highest BCUT2D eigenvalue weighted by atomic mass is 16.7. The van der Waals surface area contributed by atoms with E-state index in [1.54, 1.807) is 6.08 Å². The molecule has 1 aliphatic rings. The molecule has 6 N–H and O–H groups in total. The summed E-state index contributed by atoms with van der Waals surface area (Å²) in [5, 5.41) is 54.5. The molecule has 9 heteroatoms. The van der Waals surface area contributed by atoms with Gasteiger partial charge in [-0.1, -0.05) is 267 Å². The van der Waals surface area contributed by atoms with Crippen LogP contribution >= 0.6 is 0 Å². The van der Waals surface area contributed by atoms with Gasteiger partial charge in [-0.2, -0.15) is 0 Å². The highest BCUT2D eigenvalue weighted by Gasteiger charge is 2.44. The molecule has 7 unspecified atom stereocenters. The van der Waals surface area contributed by atoms with Gasteiger partial charge < -0.3 is 40.3 Å². The molecule has 0 aliphatic carbocycles. The van der Waals surface area contributed by atoms with Crippen LogP contribution < -0.4 is 5.32 Å². The molecule has 9 nitrogen and oxygen atoms in total. The summed E-state index contributed by atoms with van der Waals surface area (Å²) in [4.78, 5) is 13.1. The minimum atomic E-state index is -1.59. The normalized spacial score (nSPS) is 19.5. The fourth-order valence-corrected chi connectivity index (χ4v) is 8.98. The Kier molecular flexibility index (Phi) is 55.0. The molecule has 1 amide bonds. The second-order valence-electron chi connectivity index (χ2n) is 21.5. The Bertz CT molecular complexity index is 1890. The van der Waals surface area contributed by atoms with Gasteiger partial charge in [0.25, 0.3) is 0 Å². The van der Waals surface area contributed by atoms with E-state index in [9.17, 15) is 30.3 Å². The summed E-state index contributed by atoms with van der Waals surface area (Å²) in [6.07, 6.45) is 88.6. The Labute approximate surface area is 500 Å². The van der Waals surface area contributed by atoms with E-state index in [0.717, 1.165) is 109 Å².